The molecule has 0 aromatic carbocycles. The summed E-state index contributed by atoms with van der Waals surface area (Å²) in [7, 11) is 0. The standard InChI is InChI=1S/C20H26N6O4/c1-20(2,10-27)9-25-14-8-13(12-4-3-7-22-16(12)21)24-26(14)19(30)15(18(25)29)17(28)23-11-5-6-11/h3-4,7-8,11,13,23-24,27-28H,5-6,9-10H2,1-2H3,(H2,21,22). The van der Waals surface area contributed by atoms with Gasteiger partial charge in [0.05, 0.1) is 6.04 Å². The molecule has 1 fully saturated rings. The molecule has 0 bridgehead atoms. The Morgan fingerprint density at radius 1 is 1.37 bits per heavy atom. The Morgan fingerprint density at radius 3 is 2.73 bits per heavy atom. The summed E-state index contributed by atoms with van der Waals surface area (Å²) in [6.07, 6.45) is 5.03. The van der Waals surface area contributed by atoms with E-state index < -0.39 is 28.5 Å². The van der Waals surface area contributed by atoms with Crippen LogP contribution in [0.15, 0.2) is 27.9 Å². The summed E-state index contributed by atoms with van der Waals surface area (Å²) in [5, 5.41) is 22.7. The highest BCUT2D eigenvalue weighted by atomic mass is 16.3. The van der Waals surface area contributed by atoms with E-state index in [4.69, 9.17) is 5.73 Å². The second kappa shape index (κ2) is 7.21. The number of aliphatic hydroxyl groups excluding tert-OH is 2. The fourth-order valence-corrected chi connectivity index (χ4v) is 3.46. The van der Waals surface area contributed by atoms with E-state index in [1.165, 1.54) is 9.24 Å². The van der Waals surface area contributed by atoms with Crippen molar-refractivity contribution in [3.63, 3.8) is 0 Å². The molecule has 4 rings (SSSR count). The summed E-state index contributed by atoms with van der Waals surface area (Å²) < 4.78 is 2.64. The Balaban J connectivity index is 1.95. The van der Waals surface area contributed by atoms with Crippen molar-refractivity contribution in [1.29, 1.82) is 0 Å². The Kier molecular flexibility index (Phi) is 4.81. The topological polar surface area (TPSA) is 147 Å². The smallest absolute Gasteiger partial charge is 0.289 e. The van der Waals surface area contributed by atoms with Gasteiger partial charge in [-0.3, -0.25) is 14.2 Å². The number of nitrogen functional groups attached to an aromatic ring is 1. The minimum atomic E-state index is -0.653. The van der Waals surface area contributed by atoms with Crippen LogP contribution < -0.4 is 38.3 Å². The fraction of sp³-hybridized carbons (Fsp3) is 0.450. The number of nitrogens with zero attached hydrogens (tertiary/aromatic N) is 3. The van der Waals surface area contributed by atoms with Crippen LogP contribution in [-0.2, 0) is 6.54 Å². The number of hydrogen-bond acceptors (Lipinski definition) is 8. The molecule has 6 N–H and O–H groups in total. The van der Waals surface area contributed by atoms with Crippen molar-refractivity contribution < 1.29 is 10.2 Å². The van der Waals surface area contributed by atoms with Crippen molar-refractivity contribution in [2.45, 2.75) is 45.3 Å². The van der Waals surface area contributed by atoms with Crippen LogP contribution in [0, 0.1) is 5.41 Å². The van der Waals surface area contributed by atoms with Gasteiger partial charge >= 0.3 is 0 Å². The van der Waals surface area contributed by atoms with Crippen LogP contribution in [0.25, 0.3) is 12.0 Å². The van der Waals surface area contributed by atoms with E-state index in [-0.39, 0.29) is 24.4 Å². The lowest BCUT2D eigenvalue weighted by molar-refractivity contribution is 0.137. The molecule has 30 heavy (non-hydrogen) atoms. The average Bonchev–Trinajstić information content (AvgIpc) is 3.40. The normalized spacial score (nSPS) is 19.0. The Labute approximate surface area is 172 Å². The van der Waals surface area contributed by atoms with Crippen molar-refractivity contribution in [2.75, 3.05) is 17.8 Å². The maximum Gasteiger partial charge on any atom is 0.289 e. The number of aromatic nitrogens is 3. The molecule has 160 valence electrons. The highest BCUT2D eigenvalue weighted by Gasteiger charge is 2.28. The number of hydrogen-bond donors (Lipinski definition) is 5. The van der Waals surface area contributed by atoms with Gasteiger partial charge in [0.15, 0.2) is 5.22 Å². The summed E-state index contributed by atoms with van der Waals surface area (Å²) in [6.45, 7) is 3.61. The van der Waals surface area contributed by atoms with Crippen LogP contribution in [0.2, 0.25) is 0 Å². The highest BCUT2D eigenvalue weighted by Crippen LogP contribution is 2.22. The summed E-state index contributed by atoms with van der Waals surface area (Å²) >= 11 is 0. The number of aliphatic hydroxyl groups is 2. The number of nitrogens with one attached hydrogen (secondary N) is 2. The molecule has 2 aromatic heterocycles. The maximum atomic E-state index is 13.3. The molecule has 1 aliphatic heterocycles. The highest BCUT2D eigenvalue weighted by molar-refractivity contribution is 5.52. The first-order valence-electron chi connectivity index (χ1n) is 9.87. The largest absolute Gasteiger partial charge is 0.494 e. The van der Waals surface area contributed by atoms with Gasteiger partial charge in [0.25, 0.3) is 11.1 Å². The van der Waals surface area contributed by atoms with E-state index in [1.54, 1.807) is 24.4 Å². The summed E-state index contributed by atoms with van der Waals surface area (Å²) in [6, 6.07) is 3.10. The first kappa shape index (κ1) is 20.0. The second-order valence-electron chi connectivity index (χ2n) is 8.61. The van der Waals surface area contributed by atoms with Crippen molar-refractivity contribution in [3.8, 4) is 0 Å². The molecule has 1 aliphatic carbocycles. The second-order valence-corrected chi connectivity index (χ2v) is 8.61. The van der Waals surface area contributed by atoms with Gasteiger partial charge in [-0.15, -0.1) is 0 Å². The summed E-state index contributed by atoms with van der Waals surface area (Å²) in [5.74, 6) is -0.119. The van der Waals surface area contributed by atoms with E-state index in [1.807, 2.05) is 13.8 Å². The molecule has 0 amide bonds. The number of rotatable bonds is 6. The van der Waals surface area contributed by atoms with E-state index in [0.717, 1.165) is 12.8 Å². The lowest BCUT2D eigenvalue weighted by Crippen LogP contribution is -2.61. The van der Waals surface area contributed by atoms with Gasteiger partial charge in [-0.25, -0.2) is 9.66 Å². The minimum absolute atomic E-state index is 0.0619. The molecule has 10 heteroatoms. The quantitative estimate of drug-likeness (QED) is 0.382. The molecule has 0 spiro atoms. The van der Waals surface area contributed by atoms with Gasteiger partial charge in [-0.05, 0) is 25.0 Å². The van der Waals surface area contributed by atoms with Gasteiger partial charge in [0.1, 0.15) is 11.3 Å². The Bertz CT molecular complexity index is 1230. The molecular weight excluding hydrogens is 388 g/mol. The lowest BCUT2D eigenvalue weighted by atomic mass is 9.95. The zero-order chi connectivity index (χ0) is 21.6. The van der Waals surface area contributed by atoms with Gasteiger partial charge in [-0.1, -0.05) is 19.9 Å². The van der Waals surface area contributed by atoms with Crippen molar-refractivity contribution >= 4 is 17.8 Å². The zero-order valence-corrected chi connectivity index (χ0v) is 16.9. The third-order valence-electron chi connectivity index (χ3n) is 5.34. The van der Waals surface area contributed by atoms with Gasteiger partial charge in [-0.2, -0.15) is 0 Å². The number of nitrogens with two attached hydrogens (primary N) is 1. The molecule has 2 aliphatic rings. The maximum absolute atomic E-state index is 13.3. The van der Waals surface area contributed by atoms with E-state index in [9.17, 15) is 19.8 Å². The van der Waals surface area contributed by atoms with Gasteiger partial charge < -0.3 is 26.7 Å². The molecule has 0 radical (unpaired) electrons. The minimum Gasteiger partial charge on any atom is -0.494 e. The van der Waals surface area contributed by atoms with Gasteiger partial charge in [0.2, 0.25) is 5.88 Å². The fourth-order valence-electron chi connectivity index (χ4n) is 3.46. The van der Waals surface area contributed by atoms with Crippen LogP contribution in [-0.4, -0.2) is 37.1 Å². The van der Waals surface area contributed by atoms with E-state index in [2.05, 4.69) is 15.7 Å². The average molecular weight is 414 g/mol. The number of anilines is 1. The SMILES string of the molecule is CC(C)(CO)Cn1c(=O)c(=C(O)NC2CC2)c(=O)n2c1=CC(c1cccnc1N)N2. The van der Waals surface area contributed by atoms with Crippen molar-refractivity contribution in [2.24, 2.45) is 5.41 Å². The van der Waals surface area contributed by atoms with Crippen LogP contribution in [0.4, 0.5) is 5.82 Å². The molecule has 1 atom stereocenters. The van der Waals surface area contributed by atoms with Gasteiger partial charge in [0, 0.05) is 36.4 Å². The monoisotopic (exact) mass is 414 g/mol. The third-order valence-corrected chi connectivity index (χ3v) is 5.34. The predicted molar refractivity (Wildman–Crippen MR) is 112 cm³/mol. The predicted octanol–water partition coefficient (Wildman–Crippen LogP) is -1.54. The first-order valence-corrected chi connectivity index (χ1v) is 9.87. The zero-order valence-electron chi connectivity index (χ0n) is 16.9. The van der Waals surface area contributed by atoms with Crippen LogP contribution >= 0.6 is 0 Å². The molecule has 2 aromatic rings. The molecule has 3 heterocycles. The number of pyridine rings is 1. The Morgan fingerprint density at radius 2 is 2.10 bits per heavy atom. The van der Waals surface area contributed by atoms with E-state index in [0.29, 0.717) is 16.9 Å². The summed E-state index contributed by atoms with van der Waals surface area (Å²) in [4.78, 5) is 30.5. The molecule has 0 saturated heterocycles. The molecule has 1 unspecified atom stereocenters. The van der Waals surface area contributed by atoms with Crippen molar-refractivity contribution in [3.05, 3.63) is 55.3 Å². The van der Waals surface area contributed by atoms with Crippen LogP contribution in [0.3, 0.4) is 0 Å². The van der Waals surface area contributed by atoms with Crippen molar-refractivity contribution in [1.82, 2.24) is 19.5 Å². The third kappa shape index (κ3) is 3.54. The van der Waals surface area contributed by atoms with Crippen LogP contribution in [0.1, 0.15) is 38.3 Å². The summed E-state index contributed by atoms with van der Waals surface area (Å²) in [5.41, 5.74) is 8.14. The number of fused-ring (bicyclic) bond motifs is 1. The van der Waals surface area contributed by atoms with Crippen LogP contribution in [0.5, 0.6) is 0 Å². The molecule has 10 nitrogen and oxygen atoms in total. The Hall–Kier alpha value is -3.27. The first-order chi connectivity index (χ1) is 14.2. The molecular formula is C20H26N6O4. The lowest BCUT2D eigenvalue weighted by Gasteiger charge is -2.23. The molecule has 1 saturated carbocycles. The van der Waals surface area contributed by atoms with E-state index >= 15 is 0 Å².